The van der Waals surface area contributed by atoms with E-state index < -0.39 is 6.03 Å². The van der Waals surface area contributed by atoms with Crippen LogP contribution < -0.4 is 11.5 Å². The van der Waals surface area contributed by atoms with Crippen LogP contribution in [0.4, 0.5) is 4.79 Å². The number of nitrogens with two attached hydrogens (primary N) is 2. The predicted molar refractivity (Wildman–Crippen MR) is 41.8 cm³/mol. The maximum atomic E-state index is 9.50. The second kappa shape index (κ2) is 15.8. The van der Waals surface area contributed by atoms with Crippen molar-refractivity contribution in [3.05, 3.63) is 0 Å². The van der Waals surface area contributed by atoms with E-state index in [1.165, 1.54) is 0 Å². The number of rotatable bonds is 1. The van der Waals surface area contributed by atoms with E-state index in [-0.39, 0.29) is 5.92 Å². The lowest BCUT2D eigenvalue weighted by Gasteiger charge is -1.78. The molecule has 11 heavy (non-hydrogen) atoms. The predicted octanol–water partition coefficient (Wildman–Crippen LogP) is -0.320. The summed E-state index contributed by atoms with van der Waals surface area (Å²) in [5, 5.41) is 0. The van der Waals surface area contributed by atoms with Crippen molar-refractivity contribution in [3.8, 4) is 0 Å². The Morgan fingerprint density at radius 3 is 1.45 bits per heavy atom. The van der Waals surface area contributed by atoms with E-state index in [2.05, 4.69) is 11.5 Å². The van der Waals surface area contributed by atoms with Gasteiger partial charge in [0.2, 0.25) is 0 Å². The van der Waals surface area contributed by atoms with Crippen LogP contribution in [0.1, 0.15) is 13.8 Å². The fourth-order valence-electron chi connectivity index (χ4n) is 0. The molecule has 0 fully saturated rings. The Labute approximate surface area is 65.7 Å². The number of carbonyl (C=O) groups excluding carboxylic acids is 3. The lowest BCUT2D eigenvalue weighted by atomic mass is 10.3. The molecule has 0 bridgehead atoms. The summed E-state index contributed by atoms with van der Waals surface area (Å²) >= 11 is 0. The van der Waals surface area contributed by atoms with Crippen LogP contribution in [0.3, 0.4) is 0 Å². The highest BCUT2D eigenvalue weighted by Crippen LogP contribution is 1.78. The number of hydrogen-bond donors (Lipinski definition) is 2. The summed E-state index contributed by atoms with van der Waals surface area (Å²) in [6, 6.07) is -0.833. The van der Waals surface area contributed by atoms with Crippen LogP contribution in [0.15, 0.2) is 0 Å². The number of amides is 2. The maximum absolute atomic E-state index is 9.50. The standard InChI is InChI=1S/C4H8O.CH4N2O.CH2O/c1-4(2)3-5;2-1(3)4;1-2/h3-4H,1-2H3;(H4,2,3,4);1H2. The molecule has 0 radical (unpaired) electrons. The summed E-state index contributed by atoms with van der Waals surface area (Å²) in [6.07, 6.45) is 0.917. The summed E-state index contributed by atoms with van der Waals surface area (Å²) in [5.74, 6) is 0.204. The maximum Gasteiger partial charge on any atom is 0.309 e. The van der Waals surface area contributed by atoms with Crippen molar-refractivity contribution in [1.29, 1.82) is 0 Å². The Morgan fingerprint density at radius 1 is 1.36 bits per heavy atom. The molecule has 0 atom stereocenters. The van der Waals surface area contributed by atoms with Gasteiger partial charge in [-0.05, 0) is 0 Å². The van der Waals surface area contributed by atoms with Gasteiger partial charge in [0.15, 0.2) is 0 Å². The molecule has 0 heterocycles. The van der Waals surface area contributed by atoms with E-state index in [0.29, 0.717) is 0 Å². The molecule has 0 saturated heterocycles. The van der Waals surface area contributed by atoms with Gasteiger partial charge in [0.25, 0.3) is 0 Å². The van der Waals surface area contributed by atoms with Gasteiger partial charge in [0.1, 0.15) is 13.1 Å². The average Bonchev–Trinajstić information content (AvgIpc) is 1.91. The Bertz CT molecular complexity index is 100. The highest BCUT2D eigenvalue weighted by atomic mass is 16.2. The molecule has 0 aliphatic carbocycles. The molecule has 2 amide bonds. The molecule has 0 unspecified atom stereocenters. The first-order valence-electron chi connectivity index (χ1n) is 2.79. The SMILES string of the molecule is C=O.CC(C)C=O.NC(N)=O. The number of carbonyl (C=O) groups is 3. The Balaban J connectivity index is -0.0000000965. The van der Waals surface area contributed by atoms with Gasteiger partial charge in [0.05, 0.1) is 0 Å². The largest absolute Gasteiger partial charge is 0.352 e. The van der Waals surface area contributed by atoms with Crippen LogP contribution in [0.5, 0.6) is 0 Å². The monoisotopic (exact) mass is 162 g/mol. The van der Waals surface area contributed by atoms with Crippen LogP contribution in [0.2, 0.25) is 0 Å². The number of hydrogen-bond acceptors (Lipinski definition) is 3. The van der Waals surface area contributed by atoms with Gasteiger partial charge >= 0.3 is 6.03 Å². The molecule has 4 N–H and O–H groups in total. The second-order valence-corrected chi connectivity index (χ2v) is 1.78. The first-order valence-corrected chi connectivity index (χ1v) is 2.79. The molecular weight excluding hydrogens is 148 g/mol. The fourth-order valence-corrected chi connectivity index (χ4v) is 0. The first-order chi connectivity index (χ1) is 5.00. The highest BCUT2D eigenvalue weighted by Gasteiger charge is 1.79. The minimum Gasteiger partial charge on any atom is -0.352 e. The minimum absolute atomic E-state index is 0.204. The lowest BCUT2D eigenvalue weighted by molar-refractivity contribution is -0.110. The summed E-state index contributed by atoms with van der Waals surface area (Å²) < 4.78 is 0. The minimum atomic E-state index is -0.833. The number of urea groups is 1. The van der Waals surface area contributed by atoms with Crippen LogP contribution in [-0.4, -0.2) is 19.1 Å². The summed E-state index contributed by atoms with van der Waals surface area (Å²) in [4.78, 5) is 26.5. The van der Waals surface area contributed by atoms with Crippen molar-refractivity contribution < 1.29 is 14.4 Å². The molecule has 0 aliphatic rings. The van der Waals surface area contributed by atoms with Gasteiger partial charge in [-0.25, -0.2) is 4.79 Å². The van der Waals surface area contributed by atoms with E-state index in [1.807, 2.05) is 20.6 Å². The number of aldehydes is 1. The molecule has 0 aliphatic heterocycles. The zero-order valence-electron chi connectivity index (χ0n) is 6.74. The molecular formula is C6H14N2O3. The van der Waals surface area contributed by atoms with E-state index in [9.17, 15) is 4.79 Å². The zero-order chi connectivity index (χ0) is 9.86. The number of primary amides is 2. The fraction of sp³-hybridized carbons (Fsp3) is 0.500. The molecule has 66 valence electrons. The highest BCUT2D eigenvalue weighted by molar-refractivity contribution is 5.69. The lowest BCUT2D eigenvalue weighted by Crippen LogP contribution is -2.18. The molecule has 0 spiro atoms. The molecule has 0 aromatic heterocycles. The molecule has 5 nitrogen and oxygen atoms in total. The quantitative estimate of drug-likeness (QED) is 0.516. The summed E-state index contributed by atoms with van der Waals surface area (Å²) in [7, 11) is 0. The van der Waals surface area contributed by atoms with Gasteiger partial charge in [-0.2, -0.15) is 0 Å². The van der Waals surface area contributed by atoms with Crippen molar-refractivity contribution in [3.63, 3.8) is 0 Å². The van der Waals surface area contributed by atoms with Crippen molar-refractivity contribution in [2.24, 2.45) is 17.4 Å². The van der Waals surface area contributed by atoms with Crippen molar-refractivity contribution in [2.45, 2.75) is 13.8 Å². The third-order valence-corrected chi connectivity index (χ3v) is 0.272. The first kappa shape index (κ1) is 16.3. The van der Waals surface area contributed by atoms with Crippen molar-refractivity contribution in [2.75, 3.05) is 0 Å². The zero-order valence-corrected chi connectivity index (χ0v) is 6.74. The van der Waals surface area contributed by atoms with Crippen LogP contribution in [-0.2, 0) is 9.59 Å². The van der Waals surface area contributed by atoms with Crippen molar-refractivity contribution in [1.82, 2.24) is 0 Å². The van der Waals surface area contributed by atoms with Crippen LogP contribution in [0.25, 0.3) is 0 Å². The van der Waals surface area contributed by atoms with Crippen LogP contribution >= 0.6 is 0 Å². The van der Waals surface area contributed by atoms with E-state index >= 15 is 0 Å². The van der Waals surface area contributed by atoms with Gasteiger partial charge in [-0.1, -0.05) is 13.8 Å². The Kier molecular flexibility index (Phi) is 23.5. The second-order valence-electron chi connectivity index (χ2n) is 1.78. The van der Waals surface area contributed by atoms with Gasteiger partial charge in [0, 0.05) is 5.92 Å². The van der Waals surface area contributed by atoms with Gasteiger partial charge in [-0.15, -0.1) is 0 Å². The smallest absolute Gasteiger partial charge is 0.309 e. The summed E-state index contributed by atoms with van der Waals surface area (Å²) in [6.45, 7) is 5.71. The Hall–Kier alpha value is -1.39. The molecule has 0 rings (SSSR count). The molecule has 0 aromatic rings. The van der Waals surface area contributed by atoms with E-state index in [1.54, 1.807) is 0 Å². The third kappa shape index (κ3) is 1010. The van der Waals surface area contributed by atoms with Gasteiger partial charge < -0.3 is 21.1 Å². The third-order valence-electron chi connectivity index (χ3n) is 0.272. The molecule has 0 saturated carbocycles. The van der Waals surface area contributed by atoms with E-state index in [0.717, 1.165) is 6.29 Å². The van der Waals surface area contributed by atoms with Crippen LogP contribution in [0, 0.1) is 5.92 Å². The topological polar surface area (TPSA) is 103 Å². The Morgan fingerprint density at radius 2 is 1.45 bits per heavy atom. The average molecular weight is 162 g/mol. The normalized spacial score (nSPS) is 6.45. The summed E-state index contributed by atoms with van der Waals surface area (Å²) in [5.41, 5.74) is 8.50. The van der Waals surface area contributed by atoms with Gasteiger partial charge in [-0.3, -0.25) is 0 Å². The molecule has 5 heteroatoms. The molecule has 0 aromatic carbocycles. The van der Waals surface area contributed by atoms with E-state index in [4.69, 9.17) is 9.59 Å². The van der Waals surface area contributed by atoms with Crippen molar-refractivity contribution >= 4 is 19.1 Å².